The minimum atomic E-state index is -0.579. The largest absolute Gasteiger partial charge is 0.463 e. The van der Waals surface area contributed by atoms with Gasteiger partial charge >= 0.3 is 5.97 Å². The fourth-order valence-corrected chi connectivity index (χ4v) is 5.78. The summed E-state index contributed by atoms with van der Waals surface area (Å²) in [6.07, 6.45) is 10.3. The number of nitrogens with one attached hydrogen (secondary N) is 2. The summed E-state index contributed by atoms with van der Waals surface area (Å²) in [5.74, 6) is -1.57. The molecule has 214 valence electrons. The van der Waals surface area contributed by atoms with E-state index < -0.39 is 17.5 Å². The van der Waals surface area contributed by atoms with Gasteiger partial charge < -0.3 is 20.5 Å². The average molecular weight is 547 g/mol. The number of hydrogen-bond acceptors (Lipinski definition) is 5. The lowest BCUT2D eigenvalue weighted by atomic mass is 9.94. The predicted molar refractivity (Wildman–Crippen MR) is 154 cm³/mol. The third kappa shape index (κ3) is 8.78. The van der Waals surface area contributed by atoms with Crippen molar-refractivity contribution in [2.45, 2.75) is 75.8 Å². The van der Waals surface area contributed by atoms with Gasteiger partial charge in [-0.3, -0.25) is 14.4 Å². The van der Waals surface area contributed by atoms with E-state index in [4.69, 9.17) is 4.74 Å². The van der Waals surface area contributed by atoms with E-state index in [0.29, 0.717) is 32.1 Å². The van der Waals surface area contributed by atoms with Gasteiger partial charge in [0.15, 0.2) is 0 Å². The van der Waals surface area contributed by atoms with Crippen LogP contribution in [-0.2, 0) is 32.0 Å². The van der Waals surface area contributed by atoms with E-state index in [2.05, 4.69) is 10.6 Å². The smallest absolute Gasteiger partial charge is 0.309 e. The molecule has 0 aromatic heterocycles. The maximum absolute atomic E-state index is 13.5. The number of allylic oxidation sites excluding steroid dienone is 2. The molecule has 1 saturated carbocycles. The van der Waals surface area contributed by atoms with Crippen molar-refractivity contribution >= 4 is 17.8 Å². The Labute approximate surface area is 237 Å². The lowest BCUT2D eigenvalue weighted by molar-refractivity contribution is -0.150. The second-order valence-corrected chi connectivity index (χ2v) is 11.3. The maximum Gasteiger partial charge on any atom is 0.309 e. The van der Waals surface area contributed by atoms with Gasteiger partial charge in [0.05, 0.1) is 30.0 Å². The van der Waals surface area contributed by atoms with Crippen LogP contribution in [0.15, 0.2) is 72.8 Å². The van der Waals surface area contributed by atoms with Gasteiger partial charge in [-0.25, -0.2) is 0 Å². The molecule has 2 aromatic rings. The molecule has 2 aromatic carbocycles. The molecule has 7 heteroatoms. The van der Waals surface area contributed by atoms with E-state index in [-0.39, 0.29) is 43.3 Å². The number of aliphatic hydroxyl groups excluding tert-OH is 1. The quantitative estimate of drug-likeness (QED) is 0.339. The fraction of sp³-hybridized carbons (Fsp3) is 0.485. The molecular weight excluding hydrogens is 504 g/mol. The van der Waals surface area contributed by atoms with Gasteiger partial charge in [0.1, 0.15) is 6.61 Å². The number of rotatable bonds is 8. The maximum atomic E-state index is 13.5. The molecule has 0 bridgehead atoms. The van der Waals surface area contributed by atoms with Crippen molar-refractivity contribution in [1.82, 2.24) is 10.6 Å². The molecule has 0 saturated heterocycles. The highest BCUT2D eigenvalue weighted by Gasteiger charge is 2.35. The van der Waals surface area contributed by atoms with Crippen LogP contribution >= 0.6 is 0 Å². The minimum Gasteiger partial charge on any atom is -0.463 e. The first-order valence-corrected chi connectivity index (χ1v) is 14.6. The second-order valence-electron chi connectivity index (χ2n) is 11.3. The normalized spacial score (nSPS) is 23.7. The number of benzene rings is 2. The zero-order chi connectivity index (χ0) is 28.2. The third-order valence-electron chi connectivity index (χ3n) is 8.10. The van der Waals surface area contributed by atoms with Gasteiger partial charge in [0.2, 0.25) is 11.8 Å². The van der Waals surface area contributed by atoms with Gasteiger partial charge in [0, 0.05) is 6.42 Å². The molecule has 40 heavy (non-hydrogen) atoms. The molecule has 4 rings (SSSR count). The van der Waals surface area contributed by atoms with Gasteiger partial charge in [-0.05, 0) is 56.1 Å². The molecule has 0 unspecified atom stereocenters. The second kappa shape index (κ2) is 14.8. The molecule has 0 spiro atoms. The monoisotopic (exact) mass is 546 g/mol. The average Bonchev–Trinajstić information content (AvgIpc) is 3.43. The van der Waals surface area contributed by atoms with Crippen molar-refractivity contribution < 1.29 is 24.2 Å². The first-order chi connectivity index (χ1) is 19.5. The number of ether oxygens (including phenoxy) is 1. The Kier molecular flexibility index (Phi) is 10.9. The first-order valence-electron chi connectivity index (χ1n) is 14.6. The molecule has 1 aliphatic carbocycles. The van der Waals surface area contributed by atoms with Crippen LogP contribution in [0.25, 0.3) is 0 Å². The highest BCUT2D eigenvalue weighted by atomic mass is 16.5. The summed E-state index contributed by atoms with van der Waals surface area (Å²) in [5.41, 5.74) is 1.53. The van der Waals surface area contributed by atoms with Crippen molar-refractivity contribution in [2.24, 2.45) is 11.8 Å². The number of amides is 2. The zero-order valence-corrected chi connectivity index (χ0v) is 23.2. The topological polar surface area (TPSA) is 105 Å². The Bertz CT molecular complexity index is 1130. The zero-order valence-electron chi connectivity index (χ0n) is 23.2. The van der Waals surface area contributed by atoms with Crippen molar-refractivity contribution in [3.63, 3.8) is 0 Å². The lowest BCUT2D eigenvalue weighted by Crippen LogP contribution is -2.50. The van der Waals surface area contributed by atoms with Crippen LogP contribution in [0.5, 0.6) is 0 Å². The number of carbonyl (C=O) groups is 3. The van der Waals surface area contributed by atoms with Crippen LogP contribution in [-0.4, -0.2) is 47.7 Å². The predicted octanol–water partition coefficient (Wildman–Crippen LogP) is 4.28. The highest BCUT2D eigenvalue weighted by molar-refractivity contribution is 5.86. The van der Waals surface area contributed by atoms with Crippen LogP contribution in [0, 0.1) is 11.8 Å². The number of carbonyl (C=O) groups excluding carboxylic acids is 3. The Morgan fingerprint density at radius 1 is 0.925 bits per heavy atom. The van der Waals surface area contributed by atoms with Crippen molar-refractivity contribution in [3.8, 4) is 0 Å². The molecule has 7 nitrogen and oxygen atoms in total. The van der Waals surface area contributed by atoms with E-state index in [1.165, 1.54) is 0 Å². The molecule has 3 atom stereocenters. The summed E-state index contributed by atoms with van der Waals surface area (Å²) in [6.45, 7) is -0.0328. The molecule has 2 amide bonds. The number of hydrogen-bond donors (Lipinski definition) is 3. The summed E-state index contributed by atoms with van der Waals surface area (Å²) in [6, 6.07) is 19.3. The standard InChI is InChI=1S/C33H42N2O5/c36-24-33(18-10-11-19-33)35-30(37)22-27-16-8-3-9-17-28(20-25-12-4-1-5-13-25)32(39)40-23-29(34-31(27)38)21-26-14-6-2-7-15-26/h1-8,12-15,27-29,36H,9-11,16-24H2,(H,34,38)(H,35,37)/t27-,28-,29-/m1/s1. The van der Waals surface area contributed by atoms with Gasteiger partial charge in [-0.1, -0.05) is 85.7 Å². The molecule has 1 fully saturated rings. The van der Waals surface area contributed by atoms with E-state index in [1.54, 1.807) is 0 Å². The number of cyclic esters (lactones) is 1. The highest BCUT2D eigenvalue weighted by Crippen LogP contribution is 2.29. The number of esters is 1. The van der Waals surface area contributed by atoms with Crippen molar-refractivity contribution in [1.29, 1.82) is 0 Å². The van der Waals surface area contributed by atoms with Crippen LogP contribution in [0.2, 0.25) is 0 Å². The Morgan fingerprint density at radius 2 is 1.57 bits per heavy atom. The molecular formula is C33H42N2O5. The summed E-state index contributed by atoms with van der Waals surface area (Å²) in [5, 5.41) is 16.0. The van der Waals surface area contributed by atoms with Crippen LogP contribution in [0.3, 0.4) is 0 Å². The van der Waals surface area contributed by atoms with E-state index >= 15 is 0 Å². The summed E-state index contributed by atoms with van der Waals surface area (Å²) in [7, 11) is 0. The SMILES string of the molecule is O=C(C[C@H]1CC=CCC[C@H](Cc2ccccc2)C(=O)OC[C@@H](Cc2ccccc2)NC1=O)NC1(CO)CCCC1. The third-order valence-corrected chi connectivity index (χ3v) is 8.10. The van der Waals surface area contributed by atoms with Crippen LogP contribution < -0.4 is 10.6 Å². The van der Waals surface area contributed by atoms with Crippen LogP contribution in [0.1, 0.15) is 62.5 Å². The molecule has 1 aliphatic heterocycles. The van der Waals surface area contributed by atoms with Crippen LogP contribution in [0.4, 0.5) is 0 Å². The number of aliphatic hydroxyl groups is 1. The minimum absolute atomic E-state index is 0.0341. The fourth-order valence-electron chi connectivity index (χ4n) is 5.78. The Hall–Kier alpha value is -3.45. The molecule has 1 heterocycles. The van der Waals surface area contributed by atoms with E-state index in [1.807, 2.05) is 72.8 Å². The first kappa shape index (κ1) is 29.5. The summed E-state index contributed by atoms with van der Waals surface area (Å²) in [4.78, 5) is 39.8. The molecule has 0 radical (unpaired) electrons. The van der Waals surface area contributed by atoms with E-state index in [9.17, 15) is 19.5 Å². The Balaban J connectivity index is 1.49. The van der Waals surface area contributed by atoms with Crippen molar-refractivity contribution in [3.05, 3.63) is 83.9 Å². The van der Waals surface area contributed by atoms with Crippen molar-refractivity contribution in [2.75, 3.05) is 13.2 Å². The van der Waals surface area contributed by atoms with Gasteiger partial charge in [0.25, 0.3) is 0 Å². The van der Waals surface area contributed by atoms with Gasteiger partial charge in [-0.15, -0.1) is 0 Å². The summed E-state index contributed by atoms with van der Waals surface area (Å²) < 4.78 is 5.82. The lowest BCUT2D eigenvalue weighted by Gasteiger charge is -2.29. The van der Waals surface area contributed by atoms with Gasteiger partial charge in [-0.2, -0.15) is 0 Å². The summed E-state index contributed by atoms with van der Waals surface area (Å²) >= 11 is 0. The Morgan fingerprint density at radius 3 is 2.23 bits per heavy atom. The molecule has 3 N–H and O–H groups in total. The molecule has 2 aliphatic rings. The van der Waals surface area contributed by atoms with E-state index in [0.717, 1.165) is 36.8 Å².